The van der Waals surface area contributed by atoms with Crippen molar-refractivity contribution < 1.29 is 37.3 Å². The summed E-state index contributed by atoms with van der Waals surface area (Å²) >= 11 is 1.81. The molecule has 1 aromatic heterocycles. The van der Waals surface area contributed by atoms with E-state index in [2.05, 4.69) is 22.4 Å². The number of carbonyl (C=O) groups is 2. The molecule has 0 unspecified atom stereocenters. The van der Waals surface area contributed by atoms with E-state index in [1.54, 1.807) is 19.0 Å². The van der Waals surface area contributed by atoms with E-state index in [4.69, 9.17) is 19.4 Å². The molecule has 0 saturated carbocycles. The number of carbonyl (C=O) groups excluding carboxylic acids is 1. The maximum atomic E-state index is 11.7. The molecule has 7 nitrogen and oxygen atoms in total. The monoisotopic (exact) mass is 452 g/mol. The van der Waals surface area contributed by atoms with Crippen LogP contribution in [-0.2, 0) is 25.6 Å². The average molecular weight is 452 g/mol. The normalized spacial score (nSPS) is 24.4. The summed E-state index contributed by atoms with van der Waals surface area (Å²) in [6.07, 6.45) is -1.89. The lowest BCUT2D eigenvalue weighted by Crippen LogP contribution is -2.47. The zero-order chi connectivity index (χ0) is 22.4. The number of ether oxygens (including phenoxy) is 2. The Labute approximate surface area is 177 Å². The highest BCUT2D eigenvalue weighted by atomic mass is 32.1. The third kappa shape index (κ3) is 7.53. The molecule has 0 aliphatic carbocycles. The summed E-state index contributed by atoms with van der Waals surface area (Å²) in [6.45, 7) is 3.86. The van der Waals surface area contributed by atoms with Gasteiger partial charge >= 0.3 is 12.1 Å². The maximum absolute atomic E-state index is 11.7. The summed E-state index contributed by atoms with van der Waals surface area (Å²) in [5.41, 5.74) is -0.0820. The quantitative estimate of drug-likeness (QED) is 0.740. The fraction of sp³-hybridized carbons (Fsp3) is 0.684. The molecule has 3 rings (SSSR count). The summed E-state index contributed by atoms with van der Waals surface area (Å²) in [6, 6.07) is 4.30. The second-order valence-corrected chi connectivity index (χ2v) is 8.65. The van der Waals surface area contributed by atoms with Crippen LogP contribution in [0.15, 0.2) is 17.5 Å². The number of likely N-dealkylation sites (tertiary alicyclic amines) is 1. The molecular weight excluding hydrogens is 425 g/mol. The molecule has 1 amide bonds. The molecule has 1 spiro atoms. The van der Waals surface area contributed by atoms with E-state index < -0.39 is 12.1 Å². The Morgan fingerprint density at radius 1 is 1.43 bits per heavy atom. The lowest BCUT2D eigenvalue weighted by Gasteiger charge is -2.39. The second kappa shape index (κ2) is 10.6. The molecule has 0 bridgehead atoms. The fourth-order valence-electron chi connectivity index (χ4n) is 3.46. The van der Waals surface area contributed by atoms with E-state index in [9.17, 15) is 18.0 Å². The van der Waals surface area contributed by atoms with Gasteiger partial charge in [-0.15, -0.1) is 11.3 Å². The van der Waals surface area contributed by atoms with E-state index in [0.29, 0.717) is 6.61 Å². The molecule has 1 aromatic rings. The Hall–Kier alpha value is -1.69. The zero-order valence-corrected chi connectivity index (χ0v) is 17.8. The Balaban J connectivity index is 0.000000396. The number of carboxylic acid groups (broad SMARTS) is 1. The van der Waals surface area contributed by atoms with Gasteiger partial charge in [-0.25, -0.2) is 4.79 Å². The largest absolute Gasteiger partial charge is 0.490 e. The molecular formula is C19H27F3N2O5S. The predicted octanol–water partition coefficient (Wildman–Crippen LogP) is 2.61. The van der Waals surface area contributed by atoms with Gasteiger partial charge in [0.15, 0.2) is 0 Å². The Morgan fingerprint density at radius 2 is 2.13 bits per heavy atom. The lowest BCUT2D eigenvalue weighted by atomic mass is 9.89. The van der Waals surface area contributed by atoms with E-state index in [-0.39, 0.29) is 24.2 Å². The van der Waals surface area contributed by atoms with Crippen LogP contribution in [0.3, 0.4) is 0 Å². The molecule has 2 aliphatic heterocycles. The highest BCUT2D eigenvalue weighted by molar-refractivity contribution is 7.09. The number of thiophene rings is 1. The van der Waals surface area contributed by atoms with E-state index >= 15 is 0 Å². The average Bonchev–Trinajstić information content (AvgIpc) is 3.30. The van der Waals surface area contributed by atoms with Gasteiger partial charge in [0, 0.05) is 38.5 Å². The number of halogens is 3. The van der Waals surface area contributed by atoms with Crippen LogP contribution in [0.1, 0.15) is 24.1 Å². The van der Waals surface area contributed by atoms with Crippen molar-refractivity contribution in [3.63, 3.8) is 0 Å². The summed E-state index contributed by atoms with van der Waals surface area (Å²) in [4.78, 5) is 26.0. The van der Waals surface area contributed by atoms with Gasteiger partial charge in [-0.05, 0) is 30.8 Å². The van der Waals surface area contributed by atoms with E-state index in [0.717, 1.165) is 38.9 Å². The molecule has 1 N–H and O–H groups in total. The number of hydrogen-bond donors (Lipinski definition) is 1. The smallest absolute Gasteiger partial charge is 0.475 e. The molecule has 170 valence electrons. The number of rotatable bonds is 5. The van der Waals surface area contributed by atoms with Crippen molar-refractivity contribution in [2.75, 3.05) is 40.4 Å². The second-order valence-electron chi connectivity index (χ2n) is 7.62. The third-order valence-electron chi connectivity index (χ3n) is 4.94. The number of amides is 1. The van der Waals surface area contributed by atoms with Gasteiger partial charge in [0.1, 0.15) is 6.61 Å². The van der Waals surface area contributed by atoms with Gasteiger partial charge in [-0.3, -0.25) is 9.69 Å². The van der Waals surface area contributed by atoms with Crippen molar-refractivity contribution in [2.24, 2.45) is 0 Å². The van der Waals surface area contributed by atoms with Gasteiger partial charge in [0.05, 0.1) is 18.3 Å². The number of nitrogens with zero attached hydrogens (tertiary/aromatic N) is 2. The molecule has 2 atom stereocenters. The van der Waals surface area contributed by atoms with Gasteiger partial charge in [0.2, 0.25) is 5.91 Å². The number of carboxylic acids is 1. The van der Waals surface area contributed by atoms with E-state index in [1.807, 2.05) is 11.3 Å². The van der Waals surface area contributed by atoms with Crippen LogP contribution in [0.25, 0.3) is 0 Å². The molecule has 0 radical (unpaired) electrons. The first-order valence-corrected chi connectivity index (χ1v) is 10.4. The van der Waals surface area contributed by atoms with Crippen LogP contribution in [0.2, 0.25) is 0 Å². The van der Waals surface area contributed by atoms with Crippen LogP contribution in [-0.4, -0.2) is 85.1 Å². The van der Waals surface area contributed by atoms with Gasteiger partial charge in [0.25, 0.3) is 0 Å². The first-order chi connectivity index (χ1) is 14.0. The molecule has 2 aliphatic rings. The van der Waals surface area contributed by atoms with Crippen LogP contribution < -0.4 is 0 Å². The number of piperidine rings is 1. The number of likely N-dealkylation sites (N-methyl/N-ethyl adjacent to an activating group) is 1. The zero-order valence-electron chi connectivity index (χ0n) is 17.0. The van der Waals surface area contributed by atoms with Crippen molar-refractivity contribution in [1.82, 2.24) is 9.80 Å². The van der Waals surface area contributed by atoms with Crippen molar-refractivity contribution in [1.29, 1.82) is 0 Å². The van der Waals surface area contributed by atoms with Crippen LogP contribution in [0, 0.1) is 0 Å². The summed E-state index contributed by atoms with van der Waals surface area (Å²) < 4.78 is 43.6. The summed E-state index contributed by atoms with van der Waals surface area (Å²) in [5.74, 6) is -2.75. The molecule has 2 saturated heterocycles. The number of aliphatic carboxylic acids is 1. The van der Waals surface area contributed by atoms with Crippen molar-refractivity contribution in [3.8, 4) is 0 Å². The summed E-state index contributed by atoms with van der Waals surface area (Å²) in [5, 5.41) is 9.26. The summed E-state index contributed by atoms with van der Waals surface area (Å²) in [7, 11) is 3.50. The molecule has 30 heavy (non-hydrogen) atoms. The highest BCUT2D eigenvalue weighted by Crippen LogP contribution is 2.36. The van der Waals surface area contributed by atoms with Gasteiger partial charge < -0.3 is 19.5 Å². The number of hydrogen-bond acceptors (Lipinski definition) is 6. The van der Waals surface area contributed by atoms with Crippen molar-refractivity contribution >= 4 is 23.2 Å². The first kappa shape index (κ1) is 24.6. The molecule has 2 fully saturated rings. The first-order valence-electron chi connectivity index (χ1n) is 9.51. The molecule has 0 aromatic carbocycles. The lowest BCUT2D eigenvalue weighted by molar-refractivity contribution is -0.192. The minimum absolute atomic E-state index is 0.00826. The standard InChI is InChI=1S/C17H26N2O3S.C2HF3O2/c1-18(2)16(20)12-21-14-9-17(22-11-14)6-4-7-19(13-17)10-15-5-3-8-23-15;3-2(4,5)1(6)7/h3,5,8,14H,4,6-7,9-13H2,1-2H3;(H,6,7)/t14-,17-;/m0./s1. The number of alkyl halides is 3. The SMILES string of the molecule is CN(C)C(=O)CO[C@@H]1CO[C@@]2(CCCN(Cc3cccs3)C2)C1.O=C(O)C(F)(F)F. The minimum atomic E-state index is -5.08. The molecule has 11 heteroatoms. The third-order valence-corrected chi connectivity index (χ3v) is 5.80. The van der Waals surface area contributed by atoms with Crippen LogP contribution in [0.4, 0.5) is 13.2 Å². The Morgan fingerprint density at radius 3 is 2.70 bits per heavy atom. The van der Waals surface area contributed by atoms with Crippen LogP contribution in [0.5, 0.6) is 0 Å². The highest BCUT2D eigenvalue weighted by Gasteiger charge is 2.44. The Kier molecular flexibility index (Phi) is 8.65. The van der Waals surface area contributed by atoms with Crippen LogP contribution >= 0.6 is 11.3 Å². The van der Waals surface area contributed by atoms with Gasteiger partial charge in [-0.2, -0.15) is 13.2 Å². The fourth-order valence-corrected chi connectivity index (χ4v) is 4.21. The predicted molar refractivity (Wildman–Crippen MR) is 104 cm³/mol. The Bertz CT molecular complexity index is 699. The van der Waals surface area contributed by atoms with Gasteiger partial charge in [-0.1, -0.05) is 6.07 Å². The van der Waals surface area contributed by atoms with Crippen molar-refractivity contribution in [3.05, 3.63) is 22.4 Å². The minimum Gasteiger partial charge on any atom is -0.475 e. The van der Waals surface area contributed by atoms with E-state index in [1.165, 1.54) is 4.88 Å². The van der Waals surface area contributed by atoms with Crippen molar-refractivity contribution in [2.45, 2.75) is 43.7 Å². The molecule has 3 heterocycles. The topological polar surface area (TPSA) is 79.3 Å². The maximum Gasteiger partial charge on any atom is 0.490 e.